The van der Waals surface area contributed by atoms with Gasteiger partial charge in [-0.25, -0.2) is 0 Å². The van der Waals surface area contributed by atoms with Gasteiger partial charge in [0, 0.05) is 6.54 Å². The second kappa shape index (κ2) is 2.88. The SMILES string of the molecule is C=C1CCC2(CC1)CCN(C)C2. The minimum absolute atomic E-state index is 0.690. The van der Waals surface area contributed by atoms with Crippen molar-refractivity contribution >= 4 is 0 Å². The number of rotatable bonds is 0. The number of hydrogen-bond acceptors (Lipinski definition) is 1. The lowest BCUT2D eigenvalue weighted by atomic mass is 9.72. The van der Waals surface area contributed by atoms with Crippen molar-refractivity contribution in [2.45, 2.75) is 32.1 Å². The van der Waals surface area contributed by atoms with Crippen LogP contribution in [0.5, 0.6) is 0 Å². The zero-order valence-electron chi connectivity index (χ0n) is 8.10. The van der Waals surface area contributed by atoms with Crippen molar-refractivity contribution in [3.63, 3.8) is 0 Å². The second-order valence-electron chi connectivity index (χ2n) is 4.74. The van der Waals surface area contributed by atoms with Gasteiger partial charge in [0.15, 0.2) is 0 Å². The highest BCUT2D eigenvalue weighted by Gasteiger charge is 2.37. The number of likely N-dealkylation sites (tertiary alicyclic amines) is 1. The van der Waals surface area contributed by atoms with Gasteiger partial charge in [0.05, 0.1) is 0 Å². The van der Waals surface area contributed by atoms with Crippen LogP contribution in [0.15, 0.2) is 12.2 Å². The van der Waals surface area contributed by atoms with Gasteiger partial charge in [-0.3, -0.25) is 0 Å². The Balaban J connectivity index is 1.99. The second-order valence-corrected chi connectivity index (χ2v) is 4.74. The Bertz CT molecular complexity index is 185. The van der Waals surface area contributed by atoms with Crippen LogP contribution in [-0.2, 0) is 0 Å². The molecule has 1 nitrogen and oxygen atoms in total. The molecule has 1 spiro atoms. The van der Waals surface area contributed by atoms with Crippen molar-refractivity contribution in [1.29, 1.82) is 0 Å². The van der Waals surface area contributed by atoms with E-state index in [9.17, 15) is 0 Å². The molecule has 0 N–H and O–H groups in total. The first-order chi connectivity index (χ1) is 5.70. The Morgan fingerprint density at radius 3 is 2.42 bits per heavy atom. The quantitative estimate of drug-likeness (QED) is 0.498. The first kappa shape index (κ1) is 8.31. The molecule has 2 rings (SSSR count). The van der Waals surface area contributed by atoms with Crippen LogP contribution in [0.2, 0.25) is 0 Å². The Hall–Kier alpha value is -0.300. The van der Waals surface area contributed by atoms with Crippen molar-refractivity contribution < 1.29 is 0 Å². The number of hydrogen-bond donors (Lipinski definition) is 0. The maximum Gasteiger partial charge on any atom is 0.00356 e. The van der Waals surface area contributed by atoms with Gasteiger partial charge in [0.2, 0.25) is 0 Å². The first-order valence-corrected chi connectivity index (χ1v) is 5.05. The molecule has 0 amide bonds. The van der Waals surface area contributed by atoms with E-state index < -0.39 is 0 Å². The third-order valence-electron chi connectivity index (χ3n) is 3.65. The summed E-state index contributed by atoms with van der Waals surface area (Å²) in [5, 5.41) is 0. The van der Waals surface area contributed by atoms with Gasteiger partial charge in [0.1, 0.15) is 0 Å². The van der Waals surface area contributed by atoms with E-state index in [4.69, 9.17) is 0 Å². The number of allylic oxidation sites excluding steroid dienone is 1. The van der Waals surface area contributed by atoms with E-state index >= 15 is 0 Å². The van der Waals surface area contributed by atoms with Gasteiger partial charge in [-0.15, -0.1) is 0 Å². The standard InChI is InChI=1S/C11H19N/c1-10-3-5-11(6-4-10)7-8-12(2)9-11/h1,3-9H2,2H3. The zero-order chi connectivity index (χ0) is 8.60. The third-order valence-corrected chi connectivity index (χ3v) is 3.65. The summed E-state index contributed by atoms with van der Waals surface area (Å²) in [5.74, 6) is 0. The lowest BCUT2D eigenvalue weighted by Gasteiger charge is -2.34. The molecule has 1 saturated carbocycles. The van der Waals surface area contributed by atoms with Crippen LogP contribution in [0.3, 0.4) is 0 Å². The fourth-order valence-electron chi connectivity index (χ4n) is 2.70. The molecule has 12 heavy (non-hydrogen) atoms. The zero-order valence-corrected chi connectivity index (χ0v) is 8.10. The monoisotopic (exact) mass is 165 g/mol. The Morgan fingerprint density at radius 1 is 1.25 bits per heavy atom. The topological polar surface area (TPSA) is 3.24 Å². The van der Waals surface area contributed by atoms with E-state index in [1.807, 2.05) is 0 Å². The van der Waals surface area contributed by atoms with Crippen molar-refractivity contribution in [3.8, 4) is 0 Å². The number of nitrogens with zero attached hydrogens (tertiary/aromatic N) is 1. The van der Waals surface area contributed by atoms with Gasteiger partial charge in [-0.2, -0.15) is 0 Å². The van der Waals surface area contributed by atoms with Gasteiger partial charge in [0.25, 0.3) is 0 Å². The van der Waals surface area contributed by atoms with Gasteiger partial charge in [-0.1, -0.05) is 12.2 Å². The molecule has 1 heteroatoms. The molecule has 2 aliphatic rings. The van der Waals surface area contributed by atoms with E-state index in [1.165, 1.54) is 50.8 Å². The molecule has 0 radical (unpaired) electrons. The van der Waals surface area contributed by atoms with Crippen molar-refractivity contribution in [2.75, 3.05) is 20.1 Å². The third kappa shape index (κ3) is 1.42. The van der Waals surface area contributed by atoms with E-state index in [2.05, 4.69) is 18.5 Å². The molecule has 68 valence electrons. The molecule has 0 aromatic rings. The maximum atomic E-state index is 4.07. The average molecular weight is 165 g/mol. The molecule has 0 atom stereocenters. The molecule has 0 unspecified atom stereocenters. The summed E-state index contributed by atoms with van der Waals surface area (Å²) in [7, 11) is 2.25. The van der Waals surface area contributed by atoms with Crippen molar-refractivity contribution in [3.05, 3.63) is 12.2 Å². The lowest BCUT2D eigenvalue weighted by Crippen LogP contribution is -2.27. The maximum absolute atomic E-state index is 4.07. The summed E-state index contributed by atoms with van der Waals surface area (Å²) < 4.78 is 0. The largest absolute Gasteiger partial charge is 0.306 e. The Morgan fingerprint density at radius 2 is 1.92 bits per heavy atom. The molecule has 0 aromatic carbocycles. The van der Waals surface area contributed by atoms with E-state index in [-0.39, 0.29) is 0 Å². The molecule has 1 saturated heterocycles. The highest BCUT2D eigenvalue weighted by Crippen LogP contribution is 2.44. The van der Waals surface area contributed by atoms with Crippen LogP contribution >= 0.6 is 0 Å². The minimum atomic E-state index is 0.690. The molecule has 1 aliphatic carbocycles. The fraction of sp³-hybridized carbons (Fsp3) is 0.818. The van der Waals surface area contributed by atoms with Gasteiger partial charge >= 0.3 is 0 Å². The summed E-state index contributed by atoms with van der Waals surface area (Å²) in [6, 6.07) is 0. The van der Waals surface area contributed by atoms with Crippen LogP contribution in [0.25, 0.3) is 0 Å². The lowest BCUT2D eigenvalue weighted by molar-refractivity contribution is 0.220. The minimum Gasteiger partial charge on any atom is -0.306 e. The van der Waals surface area contributed by atoms with E-state index in [0.29, 0.717) is 5.41 Å². The Labute approximate surface area is 75.4 Å². The van der Waals surface area contributed by atoms with Crippen LogP contribution in [0.1, 0.15) is 32.1 Å². The predicted octanol–water partition coefficient (Wildman–Crippen LogP) is 2.44. The molecule has 2 fully saturated rings. The van der Waals surface area contributed by atoms with Gasteiger partial charge in [-0.05, 0) is 51.1 Å². The fourth-order valence-corrected chi connectivity index (χ4v) is 2.70. The Kier molecular flexibility index (Phi) is 1.99. The first-order valence-electron chi connectivity index (χ1n) is 5.05. The van der Waals surface area contributed by atoms with Crippen LogP contribution in [0, 0.1) is 5.41 Å². The van der Waals surface area contributed by atoms with E-state index in [1.54, 1.807) is 0 Å². The molecular formula is C11H19N. The van der Waals surface area contributed by atoms with Crippen molar-refractivity contribution in [1.82, 2.24) is 4.90 Å². The van der Waals surface area contributed by atoms with Crippen LogP contribution < -0.4 is 0 Å². The van der Waals surface area contributed by atoms with E-state index in [0.717, 1.165) is 0 Å². The summed E-state index contributed by atoms with van der Waals surface area (Å²) in [4.78, 5) is 2.48. The molecular weight excluding hydrogens is 146 g/mol. The normalized spacial score (nSPS) is 29.9. The predicted molar refractivity (Wildman–Crippen MR) is 52.2 cm³/mol. The highest BCUT2D eigenvalue weighted by molar-refractivity contribution is 5.04. The van der Waals surface area contributed by atoms with Crippen molar-refractivity contribution in [2.24, 2.45) is 5.41 Å². The summed E-state index contributed by atoms with van der Waals surface area (Å²) in [5.41, 5.74) is 2.17. The highest BCUT2D eigenvalue weighted by atomic mass is 15.1. The molecule has 1 heterocycles. The molecule has 0 aromatic heterocycles. The summed E-state index contributed by atoms with van der Waals surface area (Å²) in [6.07, 6.45) is 6.80. The summed E-state index contributed by atoms with van der Waals surface area (Å²) in [6.45, 7) is 6.72. The summed E-state index contributed by atoms with van der Waals surface area (Å²) >= 11 is 0. The van der Waals surface area contributed by atoms with Gasteiger partial charge < -0.3 is 4.90 Å². The van der Waals surface area contributed by atoms with Crippen LogP contribution in [0.4, 0.5) is 0 Å². The molecule has 1 aliphatic heterocycles. The van der Waals surface area contributed by atoms with Crippen LogP contribution in [-0.4, -0.2) is 25.0 Å². The average Bonchev–Trinajstić information content (AvgIpc) is 2.40. The smallest absolute Gasteiger partial charge is 0.00356 e. The molecule has 0 bridgehead atoms.